The quantitative estimate of drug-likeness (QED) is 0.595. The van der Waals surface area contributed by atoms with Crippen LogP contribution >= 0.6 is 15.9 Å². The second-order valence-electron chi connectivity index (χ2n) is 5.60. The van der Waals surface area contributed by atoms with Gasteiger partial charge in [0, 0.05) is 10.2 Å². The van der Waals surface area contributed by atoms with Crippen molar-refractivity contribution in [2.75, 3.05) is 25.6 Å². The summed E-state index contributed by atoms with van der Waals surface area (Å²) in [7, 11) is 1.53. The van der Waals surface area contributed by atoms with Crippen LogP contribution in [0.5, 0.6) is 11.5 Å². The summed E-state index contributed by atoms with van der Waals surface area (Å²) in [4.78, 5) is 23.8. The van der Waals surface area contributed by atoms with E-state index in [4.69, 9.17) is 9.47 Å². The highest BCUT2D eigenvalue weighted by Gasteiger charge is 2.10. The van der Waals surface area contributed by atoms with Gasteiger partial charge in [0.15, 0.2) is 18.1 Å². The van der Waals surface area contributed by atoms with Gasteiger partial charge >= 0.3 is 0 Å². The lowest BCUT2D eigenvalue weighted by atomic mass is 10.1. The number of nitrogens with one attached hydrogen (secondary N) is 2. The first-order valence-electron chi connectivity index (χ1n) is 8.24. The maximum atomic E-state index is 11.9. The second kappa shape index (κ2) is 10.4. The molecule has 0 atom stereocenters. The number of hydrogen-bond acceptors (Lipinski definition) is 4. The Morgan fingerprint density at radius 1 is 1.11 bits per heavy atom. The molecule has 0 spiro atoms. The molecule has 7 heteroatoms. The van der Waals surface area contributed by atoms with Crippen molar-refractivity contribution in [2.45, 2.75) is 6.42 Å². The van der Waals surface area contributed by atoms with E-state index >= 15 is 0 Å². The van der Waals surface area contributed by atoms with Crippen LogP contribution < -0.4 is 20.1 Å². The predicted molar refractivity (Wildman–Crippen MR) is 108 cm³/mol. The van der Waals surface area contributed by atoms with Crippen LogP contribution in [0.1, 0.15) is 5.56 Å². The maximum absolute atomic E-state index is 11.9. The van der Waals surface area contributed by atoms with Crippen LogP contribution in [0.2, 0.25) is 0 Å². The molecule has 2 aromatic carbocycles. The number of ether oxygens (including phenoxy) is 2. The third kappa shape index (κ3) is 6.79. The lowest BCUT2D eigenvalue weighted by molar-refractivity contribution is -0.125. The third-order valence-corrected chi connectivity index (χ3v) is 4.07. The number of anilines is 1. The van der Waals surface area contributed by atoms with Gasteiger partial charge in [-0.15, -0.1) is 6.58 Å². The summed E-state index contributed by atoms with van der Waals surface area (Å²) in [5.41, 5.74) is 1.68. The SMILES string of the molecule is C=CCc1ccc(OCC(=O)NCC(=O)Nc2ccc(Br)cc2)c(OC)c1. The van der Waals surface area contributed by atoms with Gasteiger partial charge in [0.25, 0.3) is 5.91 Å². The van der Waals surface area contributed by atoms with E-state index in [1.54, 1.807) is 24.3 Å². The second-order valence-corrected chi connectivity index (χ2v) is 6.51. The van der Waals surface area contributed by atoms with E-state index in [0.717, 1.165) is 10.0 Å². The predicted octanol–water partition coefficient (Wildman–Crippen LogP) is 3.32. The van der Waals surface area contributed by atoms with Gasteiger partial charge < -0.3 is 20.1 Å². The fourth-order valence-corrected chi connectivity index (χ4v) is 2.50. The van der Waals surface area contributed by atoms with E-state index in [1.807, 2.05) is 24.3 Å². The van der Waals surface area contributed by atoms with E-state index in [9.17, 15) is 9.59 Å². The third-order valence-electron chi connectivity index (χ3n) is 3.54. The van der Waals surface area contributed by atoms with Gasteiger partial charge in [-0.1, -0.05) is 28.1 Å². The molecule has 0 aliphatic rings. The molecular formula is C20H21BrN2O4. The van der Waals surface area contributed by atoms with Crippen LogP contribution in [-0.4, -0.2) is 32.1 Å². The largest absolute Gasteiger partial charge is 0.493 e. The van der Waals surface area contributed by atoms with Crippen LogP contribution in [0.25, 0.3) is 0 Å². The molecule has 2 N–H and O–H groups in total. The van der Waals surface area contributed by atoms with E-state index in [-0.39, 0.29) is 19.1 Å². The molecule has 0 radical (unpaired) electrons. The molecule has 0 saturated heterocycles. The van der Waals surface area contributed by atoms with Crippen LogP contribution in [0.3, 0.4) is 0 Å². The van der Waals surface area contributed by atoms with Crippen molar-refractivity contribution in [3.8, 4) is 11.5 Å². The van der Waals surface area contributed by atoms with E-state index in [0.29, 0.717) is 23.6 Å². The zero-order valence-corrected chi connectivity index (χ0v) is 16.5. The minimum Gasteiger partial charge on any atom is -0.493 e. The van der Waals surface area contributed by atoms with Gasteiger partial charge in [-0.3, -0.25) is 9.59 Å². The number of rotatable bonds is 9. The van der Waals surface area contributed by atoms with Crippen molar-refractivity contribution in [3.05, 3.63) is 65.2 Å². The average Bonchev–Trinajstić information content (AvgIpc) is 2.67. The Hall–Kier alpha value is -2.80. The van der Waals surface area contributed by atoms with Crippen LogP contribution in [0.15, 0.2) is 59.6 Å². The molecule has 27 heavy (non-hydrogen) atoms. The smallest absolute Gasteiger partial charge is 0.258 e. The maximum Gasteiger partial charge on any atom is 0.258 e. The van der Waals surface area contributed by atoms with Crippen molar-refractivity contribution in [1.82, 2.24) is 5.32 Å². The van der Waals surface area contributed by atoms with Gasteiger partial charge in [0.05, 0.1) is 13.7 Å². The normalized spacial score (nSPS) is 10.0. The lowest BCUT2D eigenvalue weighted by Crippen LogP contribution is -2.35. The molecular weight excluding hydrogens is 412 g/mol. The number of benzene rings is 2. The molecule has 0 fully saturated rings. The summed E-state index contributed by atoms with van der Waals surface area (Å²) in [5, 5.41) is 5.21. The summed E-state index contributed by atoms with van der Waals surface area (Å²) in [5.74, 6) is 0.269. The number of allylic oxidation sites excluding steroid dienone is 1. The van der Waals surface area contributed by atoms with E-state index < -0.39 is 5.91 Å². The topological polar surface area (TPSA) is 76.7 Å². The van der Waals surface area contributed by atoms with Gasteiger partial charge in [0.1, 0.15) is 0 Å². The molecule has 0 saturated carbocycles. The first kappa shape index (κ1) is 20.5. The van der Waals surface area contributed by atoms with Gasteiger partial charge in [-0.05, 0) is 48.4 Å². The molecule has 2 amide bonds. The monoisotopic (exact) mass is 432 g/mol. The Balaban J connectivity index is 1.79. The first-order chi connectivity index (χ1) is 13.0. The Bertz CT molecular complexity index is 806. The van der Waals surface area contributed by atoms with E-state index in [2.05, 4.69) is 33.1 Å². The van der Waals surface area contributed by atoms with E-state index in [1.165, 1.54) is 7.11 Å². The van der Waals surface area contributed by atoms with Crippen molar-refractivity contribution in [3.63, 3.8) is 0 Å². The average molecular weight is 433 g/mol. The summed E-state index contributed by atoms with van der Waals surface area (Å²) in [6.45, 7) is 3.33. The lowest BCUT2D eigenvalue weighted by Gasteiger charge is -2.12. The Morgan fingerprint density at radius 3 is 2.52 bits per heavy atom. The number of halogens is 1. The van der Waals surface area contributed by atoms with Crippen molar-refractivity contribution in [2.24, 2.45) is 0 Å². The highest BCUT2D eigenvalue weighted by molar-refractivity contribution is 9.10. The number of carbonyl (C=O) groups excluding carboxylic acids is 2. The minimum atomic E-state index is -0.404. The molecule has 0 bridgehead atoms. The molecule has 0 aliphatic heterocycles. The Kier molecular flexibility index (Phi) is 7.88. The highest BCUT2D eigenvalue weighted by Crippen LogP contribution is 2.28. The minimum absolute atomic E-state index is 0.145. The van der Waals surface area contributed by atoms with Crippen molar-refractivity contribution >= 4 is 33.4 Å². The summed E-state index contributed by atoms with van der Waals surface area (Å²) in [6.07, 6.45) is 2.51. The zero-order chi connectivity index (χ0) is 19.6. The number of amides is 2. The molecule has 2 aromatic rings. The van der Waals surface area contributed by atoms with Crippen LogP contribution in [0.4, 0.5) is 5.69 Å². The molecule has 0 heterocycles. The fourth-order valence-electron chi connectivity index (χ4n) is 2.24. The molecule has 2 rings (SSSR count). The molecule has 0 aromatic heterocycles. The first-order valence-corrected chi connectivity index (χ1v) is 9.04. The van der Waals surface area contributed by atoms with Gasteiger partial charge in [-0.2, -0.15) is 0 Å². The summed E-state index contributed by atoms with van der Waals surface area (Å²) >= 11 is 3.32. The Labute approximate surface area is 166 Å². The standard InChI is InChI=1S/C20H21BrN2O4/c1-3-4-14-5-10-17(18(11-14)26-2)27-13-20(25)22-12-19(24)23-16-8-6-15(21)7-9-16/h3,5-11H,1,4,12-13H2,2H3,(H,22,25)(H,23,24). The van der Waals surface area contributed by atoms with Crippen LogP contribution in [0, 0.1) is 0 Å². The van der Waals surface area contributed by atoms with Crippen LogP contribution in [-0.2, 0) is 16.0 Å². The number of hydrogen-bond donors (Lipinski definition) is 2. The molecule has 142 valence electrons. The highest BCUT2D eigenvalue weighted by atomic mass is 79.9. The molecule has 0 aliphatic carbocycles. The Morgan fingerprint density at radius 2 is 1.85 bits per heavy atom. The number of methoxy groups -OCH3 is 1. The number of carbonyl (C=O) groups is 2. The molecule has 0 unspecified atom stereocenters. The molecule has 6 nitrogen and oxygen atoms in total. The van der Waals surface area contributed by atoms with Crippen molar-refractivity contribution < 1.29 is 19.1 Å². The van der Waals surface area contributed by atoms with Crippen molar-refractivity contribution in [1.29, 1.82) is 0 Å². The fraction of sp³-hybridized carbons (Fsp3) is 0.200. The zero-order valence-electron chi connectivity index (χ0n) is 15.0. The van der Waals surface area contributed by atoms with Gasteiger partial charge in [-0.25, -0.2) is 0 Å². The summed E-state index contributed by atoms with van der Waals surface area (Å²) in [6, 6.07) is 12.6. The summed E-state index contributed by atoms with van der Waals surface area (Å²) < 4.78 is 11.7. The van der Waals surface area contributed by atoms with Gasteiger partial charge in [0.2, 0.25) is 5.91 Å².